The fourth-order valence-corrected chi connectivity index (χ4v) is 3.70. The molecule has 3 unspecified atom stereocenters. The molecule has 1 aromatic carbocycles. The maximum absolute atomic E-state index is 9.62. The van der Waals surface area contributed by atoms with Crippen LogP contribution in [0.4, 0.5) is 0 Å². The molecule has 2 heterocycles. The third-order valence-corrected chi connectivity index (χ3v) is 5.28. The Morgan fingerprint density at radius 3 is 2.62 bits per heavy atom. The van der Waals surface area contributed by atoms with E-state index in [1.807, 2.05) is 30.3 Å². The molecule has 2 N–H and O–H groups in total. The van der Waals surface area contributed by atoms with Gasteiger partial charge in [-0.2, -0.15) is 0 Å². The number of hydrogen-bond donors (Lipinski definition) is 2. The third-order valence-electron chi connectivity index (χ3n) is 5.28. The minimum atomic E-state index is -0.820. The quantitative estimate of drug-likeness (QED) is 0.524. The molecule has 160 valence electrons. The van der Waals surface area contributed by atoms with Gasteiger partial charge in [-0.3, -0.25) is 4.98 Å². The van der Waals surface area contributed by atoms with Crippen molar-refractivity contribution in [1.29, 1.82) is 0 Å². The third kappa shape index (κ3) is 7.55. The molecule has 1 fully saturated rings. The number of rotatable bonds is 12. The number of aromatic nitrogens is 1. The molecule has 1 aromatic heterocycles. The summed E-state index contributed by atoms with van der Waals surface area (Å²) < 4.78 is 16.9. The van der Waals surface area contributed by atoms with E-state index in [2.05, 4.69) is 4.98 Å². The maximum atomic E-state index is 9.62. The Bertz CT molecular complexity index is 725. The molecule has 0 spiro atoms. The standard InChI is InChI=1S/C23H33NO5/c25-17-21-15-20(16-23(26)29-21)28-13-6-4-2-1-3-5-12-27-19-9-10-22-18(14-19)8-7-11-24-22/h7-11,14,20-21,23,25-26H,1-6,12-13,15-17H2. The van der Waals surface area contributed by atoms with Crippen LogP contribution in [-0.4, -0.2) is 53.5 Å². The lowest BCUT2D eigenvalue weighted by atomic mass is 10.1. The lowest BCUT2D eigenvalue weighted by Gasteiger charge is -2.31. The fourth-order valence-electron chi connectivity index (χ4n) is 3.70. The SMILES string of the molecule is OCC1CC(OCCCCCCCCOc2ccc3ncccc3c2)CC(O)O1. The first-order valence-corrected chi connectivity index (χ1v) is 10.8. The van der Waals surface area contributed by atoms with Crippen LogP contribution in [0.1, 0.15) is 51.4 Å². The molecule has 0 saturated carbocycles. The average Bonchev–Trinajstić information content (AvgIpc) is 2.74. The molecule has 1 saturated heterocycles. The Labute approximate surface area is 172 Å². The van der Waals surface area contributed by atoms with Crippen LogP contribution in [0.15, 0.2) is 36.5 Å². The van der Waals surface area contributed by atoms with Crippen LogP contribution in [0.5, 0.6) is 5.75 Å². The van der Waals surface area contributed by atoms with Gasteiger partial charge in [-0.1, -0.05) is 31.7 Å². The molecular formula is C23H33NO5. The van der Waals surface area contributed by atoms with E-state index < -0.39 is 6.29 Å². The maximum Gasteiger partial charge on any atom is 0.157 e. The minimum absolute atomic E-state index is 0.0149. The molecule has 1 aliphatic rings. The smallest absolute Gasteiger partial charge is 0.157 e. The Hall–Kier alpha value is -1.73. The van der Waals surface area contributed by atoms with Gasteiger partial charge < -0.3 is 24.4 Å². The Kier molecular flexibility index (Phi) is 9.15. The Morgan fingerprint density at radius 2 is 1.79 bits per heavy atom. The van der Waals surface area contributed by atoms with Gasteiger partial charge in [0.15, 0.2) is 6.29 Å². The number of hydrogen-bond acceptors (Lipinski definition) is 6. The Morgan fingerprint density at radius 1 is 1.00 bits per heavy atom. The molecule has 6 nitrogen and oxygen atoms in total. The summed E-state index contributed by atoms with van der Waals surface area (Å²) in [6.07, 6.45) is 8.60. The second kappa shape index (κ2) is 12.1. The largest absolute Gasteiger partial charge is 0.494 e. The van der Waals surface area contributed by atoms with Gasteiger partial charge in [0, 0.05) is 31.0 Å². The molecule has 2 aromatic rings. The van der Waals surface area contributed by atoms with Gasteiger partial charge in [-0.25, -0.2) is 0 Å². The summed E-state index contributed by atoms with van der Waals surface area (Å²) in [5, 5.41) is 19.9. The van der Waals surface area contributed by atoms with E-state index in [0.717, 1.165) is 42.5 Å². The van der Waals surface area contributed by atoms with Crippen LogP contribution in [0.3, 0.4) is 0 Å². The second-order valence-corrected chi connectivity index (χ2v) is 7.69. The van der Waals surface area contributed by atoms with Crippen molar-refractivity contribution in [2.45, 2.75) is 69.9 Å². The summed E-state index contributed by atoms with van der Waals surface area (Å²) in [5.74, 6) is 0.907. The molecule has 1 aliphatic heterocycles. The van der Waals surface area contributed by atoms with Gasteiger partial charge in [0.05, 0.1) is 30.9 Å². The van der Waals surface area contributed by atoms with Crippen LogP contribution < -0.4 is 4.74 Å². The lowest BCUT2D eigenvalue weighted by molar-refractivity contribution is -0.205. The number of unbranched alkanes of at least 4 members (excludes halogenated alkanes) is 5. The molecule has 0 bridgehead atoms. The number of ether oxygens (including phenoxy) is 3. The van der Waals surface area contributed by atoms with Crippen molar-refractivity contribution in [2.24, 2.45) is 0 Å². The molecule has 3 atom stereocenters. The zero-order chi connectivity index (χ0) is 20.3. The predicted octanol–water partition coefficient (Wildman–Crippen LogP) is 3.83. The topological polar surface area (TPSA) is 81.0 Å². The molecule has 29 heavy (non-hydrogen) atoms. The van der Waals surface area contributed by atoms with E-state index in [0.29, 0.717) is 19.4 Å². The first kappa shape index (κ1) is 22.0. The van der Waals surface area contributed by atoms with Crippen molar-refractivity contribution >= 4 is 10.9 Å². The Balaban J connectivity index is 1.17. The monoisotopic (exact) mass is 403 g/mol. The van der Waals surface area contributed by atoms with Gasteiger partial charge in [0.1, 0.15) is 5.75 Å². The van der Waals surface area contributed by atoms with Crippen molar-refractivity contribution in [1.82, 2.24) is 4.98 Å². The predicted molar refractivity (Wildman–Crippen MR) is 112 cm³/mol. The molecule has 0 radical (unpaired) electrons. The lowest BCUT2D eigenvalue weighted by Crippen LogP contribution is -2.38. The summed E-state index contributed by atoms with van der Waals surface area (Å²) >= 11 is 0. The molecule has 0 amide bonds. The van der Waals surface area contributed by atoms with Crippen LogP contribution in [-0.2, 0) is 9.47 Å². The first-order valence-electron chi connectivity index (χ1n) is 10.8. The zero-order valence-electron chi connectivity index (χ0n) is 17.0. The number of aliphatic hydroxyl groups excluding tert-OH is 2. The van der Waals surface area contributed by atoms with E-state index in [9.17, 15) is 5.11 Å². The summed E-state index contributed by atoms with van der Waals surface area (Å²) in [7, 11) is 0. The highest BCUT2D eigenvalue weighted by molar-refractivity contribution is 5.79. The molecule has 3 rings (SSSR count). The van der Waals surface area contributed by atoms with E-state index >= 15 is 0 Å². The van der Waals surface area contributed by atoms with Crippen molar-refractivity contribution in [3.63, 3.8) is 0 Å². The van der Waals surface area contributed by atoms with Crippen molar-refractivity contribution in [3.8, 4) is 5.75 Å². The van der Waals surface area contributed by atoms with Crippen LogP contribution >= 0.6 is 0 Å². The number of fused-ring (bicyclic) bond motifs is 1. The summed E-state index contributed by atoms with van der Waals surface area (Å²) in [6, 6.07) is 10.0. The van der Waals surface area contributed by atoms with E-state index in [-0.39, 0.29) is 18.8 Å². The van der Waals surface area contributed by atoms with Crippen molar-refractivity contribution in [2.75, 3.05) is 19.8 Å². The summed E-state index contributed by atoms with van der Waals surface area (Å²) in [5.41, 5.74) is 0.991. The van der Waals surface area contributed by atoms with Crippen molar-refractivity contribution in [3.05, 3.63) is 36.5 Å². The number of nitrogens with zero attached hydrogens (tertiary/aromatic N) is 1. The number of aliphatic hydroxyl groups is 2. The van der Waals surface area contributed by atoms with E-state index in [4.69, 9.17) is 19.3 Å². The second-order valence-electron chi connectivity index (χ2n) is 7.69. The van der Waals surface area contributed by atoms with E-state index in [1.165, 1.54) is 19.3 Å². The highest BCUT2D eigenvalue weighted by Crippen LogP contribution is 2.21. The van der Waals surface area contributed by atoms with Crippen LogP contribution in [0.2, 0.25) is 0 Å². The van der Waals surface area contributed by atoms with Gasteiger partial charge in [-0.15, -0.1) is 0 Å². The average molecular weight is 404 g/mol. The minimum Gasteiger partial charge on any atom is -0.494 e. The van der Waals surface area contributed by atoms with Gasteiger partial charge >= 0.3 is 0 Å². The molecule has 0 aliphatic carbocycles. The summed E-state index contributed by atoms with van der Waals surface area (Å²) in [4.78, 5) is 4.32. The number of benzene rings is 1. The van der Waals surface area contributed by atoms with Crippen molar-refractivity contribution < 1.29 is 24.4 Å². The zero-order valence-corrected chi connectivity index (χ0v) is 17.0. The number of pyridine rings is 1. The van der Waals surface area contributed by atoms with E-state index in [1.54, 1.807) is 6.20 Å². The molecule has 6 heteroatoms. The van der Waals surface area contributed by atoms with Gasteiger partial charge in [0.2, 0.25) is 0 Å². The van der Waals surface area contributed by atoms with Crippen LogP contribution in [0.25, 0.3) is 10.9 Å². The fraction of sp³-hybridized carbons (Fsp3) is 0.609. The first-order chi connectivity index (χ1) is 14.2. The highest BCUT2D eigenvalue weighted by atomic mass is 16.6. The molecular weight excluding hydrogens is 370 g/mol. The normalized spacial score (nSPS) is 22.1. The van der Waals surface area contributed by atoms with Crippen LogP contribution in [0, 0.1) is 0 Å². The van der Waals surface area contributed by atoms with Gasteiger partial charge in [-0.05, 0) is 37.1 Å². The summed E-state index contributed by atoms with van der Waals surface area (Å²) in [6.45, 7) is 1.38. The van der Waals surface area contributed by atoms with Gasteiger partial charge in [0.25, 0.3) is 0 Å². The highest BCUT2D eigenvalue weighted by Gasteiger charge is 2.28.